The van der Waals surface area contributed by atoms with Crippen LogP contribution in [0.5, 0.6) is 0 Å². The summed E-state index contributed by atoms with van der Waals surface area (Å²) in [6, 6.07) is 10.3. The van der Waals surface area contributed by atoms with E-state index in [4.69, 9.17) is 0 Å². The molecule has 0 unspecified atom stereocenters. The summed E-state index contributed by atoms with van der Waals surface area (Å²) in [4.78, 5) is 21.4. The summed E-state index contributed by atoms with van der Waals surface area (Å²) >= 11 is 0. The Morgan fingerprint density at radius 2 is 1.79 bits per heavy atom. The van der Waals surface area contributed by atoms with E-state index in [0.29, 0.717) is 5.57 Å². The Morgan fingerprint density at radius 1 is 1.21 bits per heavy atom. The SMILES string of the molecule is CC=C(C)C(=O)OCC(=O)OC.Cc1ccccc1. The van der Waals surface area contributed by atoms with Gasteiger partial charge >= 0.3 is 11.9 Å². The molecule has 0 bridgehead atoms. The monoisotopic (exact) mass is 264 g/mol. The molecule has 0 saturated heterocycles. The highest BCUT2D eigenvalue weighted by Crippen LogP contribution is 1.95. The first-order chi connectivity index (χ1) is 9.01. The van der Waals surface area contributed by atoms with E-state index in [0.717, 1.165) is 0 Å². The zero-order chi connectivity index (χ0) is 14.7. The molecule has 0 spiro atoms. The minimum Gasteiger partial charge on any atom is -0.466 e. The minimum atomic E-state index is -0.563. The molecule has 0 amide bonds. The molecule has 1 aromatic carbocycles. The lowest BCUT2D eigenvalue weighted by atomic mass is 10.2. The van der Waals surface area contributed by atoms with Crippen LogP contribution in [0.15, 0.2) is 42.0 Å². The standard InChI is InChI=1S/C8H12O4.C7H8/c1-4-6(2)8(10)12-5-7(9)11-3;1-7-5-3-2-4-6-7/h4H,5H2,1-3H3;2-6H,1H3. The average molecular weight is 264 g/mol. The second-order valence-corrected chi connectivity index (χ2v) is 3.78. The number of esters is 2. The van der Waals surface area contributed by atoms with Crippen molar-refractivity contribution in [3.8, 4) is 0 Å². The molecule has 0 fully saturated rings. The summed E-state index contributed by atoms with van der Waals surface area (Å²) in [7, 11) is 1.23. The summed E-state index contributed by atoms with van der Waals surface area (Å²) in [5, 5.41) is 0. The third kappa shape index (κ3) is 8.60. The van der Waals surface area contributed by atoms with Crippen LogP contribution in [0.3, 0.4) is 0 Å². The molecule has 0 radical (unpaired) electrons. The molecule has 19 heavy (non-hydrogen) atoms. The molecule has 0 aliphatic rings. The summed E-state index contributed by atoms with van der Waals surface area (Å²) in [6.45, 7) is 5.08. The molecule has 1 aromatic rings. The second-order valence-electron chi connectivity index (χ2n) is 3.78. The van der Waals surface area contributed by atoms with Gasteiger partial charge in [-0.05, 0) is 20.8 Å². The van der Waals surface area contributed by atoms with Crippen LogP contribution < -0.4 is 0 Å². The highest BCUT2D eigenvalue weighted by molar-refractivity contribution is 5.89. The van der Waals surface area contributed by atoms with Crippen LogP contribution in [0.4, 0.5) is 0 Å². The van der Waals surface area contributed by atoms with Crippen LogP contribution in [0.2, 0.25) is 0 Å². The number of rotatable bonds is 3. The van der Waals surface area contributed by atoms with Gasteiger partial charge in [-0.3, -0.25) is 0 Å². The molecule has 0 aliphatic carbocycles. The van der Waals surface area contributed by atoms with Gasteiger partial charge < -0.3 is 9.47 Å². The maximum atomic E-state index is 10.9. The van der Waals surface area contributed by atoms with E-state index in [-0.39, 0.29) is 6.61 Å². The highest BCUT2D eigenvalue weighted by atomic mass is 16.6. The van der Waals surface area contributed by atoms with Crippen molar-refractivity contribution >= 4 is 11.9 Å². The number of hydrogen-bond acceptors (Lipinski definition) is 4. The van der Waals surface area contributed by atoms with Crippen LogP contribution in [-0.2, 0) is 19.1 Å². The highest BCUT2D eigenvalue weighted by Gasteiger charge is 2.07. The number of methoxy groups -OCH3 is 1. The Kier molecular flexibility index (Phi) is 8.79. The first-order valence-electron chi connectivity index (χ1n) is 5.89. The van der Waals surface area contributed by atoms with E-state index in [1.807, 2.05) is 18.2 Å². The minimum absolute atomic E-state index is 0.333. The van der Waals surface area contributed by atoms with Crippen molar-refractivity contribution in [3.63, 3.8) is 0 Å². The molecule has 0 N–H and O–H groups in total. The van der Waals surface area contributed by atoms with Gasteiger partial charge in [-0.1, -0.05) is 42.0 Å². The Hall–Kier alpha value is -2.10. The summed E-state index contributed by atoms with van der Waals surface area (Å²) in [5.74, 6) is -1.06. The van der Waals surface area contributed by atoms with Gasteiger partial charge in [-0.2, -0.15) is 0 Å². The van der Waals surface area contributed by atoms with Gasteiger partial charge in [-0.25, -0.2) is 9.59 Å². The van der Waals surface area contributed by atoms with Gasteiger partial charge in [0.05, 0.1) is 7.11 Å². The molecular formula is C15H20O4. The summed E-state index contributed by atoms with van der Waals surface area (Å²) in [6.07, 6.45) is 1.61. The van der Waals surface area contributed by atoms with Crippen LogP contribution >= 0.6 is 0 Å². The van der Waals surface area contributed by atoms with E-state index < -0.39 is 11.9 Å². The van der Waals surface area contributed by atoms with Gasteiger partial charge in [-0.15, -0.1) is 0 Å². The summed E-state index contributed by atoms with van der Waals surface area (Å²) < 4.78 is 8.84. The molecule has 0 aliphatic heterocycles. The third-order valence-corrected chi connectivity index (χ3v) is 2.24. The molecule has 0 heterocycles. The van der Waals surface area contributed by atoms with Gasteiger partial charge in [0.2, 0.25) is 0 Å². The molecule has 104 valence electrons. The van der Waals surface area contributed by atoms with E-state index >= 15 is 0 Å². The lowest BCUT2D eigenvalue weighted by molar-refractivity contribution is -0.154. The molecule has 1 rings (SSSR count). The lowest BCUT2D eigenvalue weighted by Gasteiger charge is -2.01. The van der Waals surface area contributed by atoms with Crippen molar-refractivity contribution in [3.05, 3.63) is 47.5 Å². The maximum Gasteiger partial charge on any atom is 0.344 e. The Labute approximate surface area is 114 Å². The average Bonchev–Trinajstić information content (AvgIpc) is 2.44. The van der Waals surface area contributed by atoms with Crippen molar-refractivity contribution < 1.29 is 19.1 Å². The Balaban J connectivity index is 0.000000388. The molecule has 4 nitrogen and oxygen atoms in total. The van der Waals surface area contributed by atoms with Crippen molar-refractivity contribution in [1.29, 1.82) is 0 Å². The fourth-order valence-electron chi connectivity index (χ4n) is 0.949. The van der Waals surface area contributed by atoms with E-state index in [1.165, 1.54) is 12.7 Å². The second kappa shape index (κ2) is 9.88. The van der Waals surface area contributed by atoms with E-state index in [2.05, 4.69) is 28.5 Å². The van der Waals surface area contributed by atoms with Crippen molar-refractivity contribution in [2.24, 2.45) is 0 Å². The molecule has 0 saturated carbocycles. The van der Waals surface area contributed by atoms with Gasteiger partial charge in [0.15, 0.2) is 6.61 Å². The number of benzene rings is 1. The fraction of sp³-hybridized carbons (Fsp3) is 0.333. The zero-order valence-electron chi connectivity index (χ0n) is 11.8. The predicted molar refractivity (Wildman–Crippen MR) is 73.6 cm³/mol. The van der Waals surface area contributed by atoms with Crippen LogP contribution in [0.25, 0.3) is 0 Å². The van der Waals surface area contributed by atoms with Crippen molar-refractivity contribution in [2.75, 3.05) is 13.7 Å². The first kappa shape index (κ1) is 16.9. The predicted octanol–water partition coefficient (Wildman–Crippen LogP) is 2.66. The van der Waals surface area contributed by atoms with Crippen LogP contribution in [-0.4, -0.2) is 25.7 Å². The number of allylic oxidation sites excluding steroid dienone is 1. The number of aryl methyl sites for hydroxylation is 1. The Bertz CT molecular complexity index is 421. The smallest absolute Gasteiger partial charge is 0.344 e. The van der Waals surface area contributed by atoms with Gasteiger partial charge in [0.25, 0.3) is 0 Å². The molecule has 4 heteroatoms. The van der Waals surface area contributed by atoms with E-state index in [1.54, 1.807) is 19.9 Å². The van der Waals surface area contributed by atoms with Crippen molar-refractivity contribution in [1.82, 2.24) is 0 Å². The van der Waals surface area contributed by atoms with Crippen LogP contribution in [0, 0.1) is 6.92 Å². The fourth-order valence-corrected chi connectivity index (χ4v) is 0.949. The van der Waals surface area contributed by atoms with Gasteiger partial charge in [0, 0.05) is 5.57 Å². The zero-order valence-corrected chi connectivity index (χ0v) is 11.8. The number of carbonyl (C=O) groups excluding carboxylic acids is 2. The van der Waals surface area contributed by atoms with E-state index in [9.17, 15) is 9.59 Å². The maximum absolute atomic E-state index is 10.9. The van der Waals surface area contributed by atoms with Gasteiger partial charge in [0.1, 0.15) is 0 Å². The normalized spacial score (nSPS) is 10.0. The molecule has 0 aromatic heterocycles. The number of hydrogen-bond donors (Lipinski definition) is 0. The molecular weight excluding hydrogens is 244 g/mol. The summed E-state index contributed by atoms with van der Waals surface area (Å²) in [5.41, 5.74) is 1.79. The first-order valence-corrected chi connectivity index (χ1v) is 5.89. The topological polar surface area (TPSA) is 52.6 Å². The van der Waals surface area contributed by atoms with Crippen LogP contribution in [0.1, 0.15) is 19.4 Å². The Morgan fingerprint density at radius 3 is 2.16 bits per heavy atom. The number of ether oxygens (including phenoxy) is 2. The third-order valence-electron chi connectivity index (χ3n) is 2.24. The van der Waals surface area contributed by atoms with Crippen molar-refractivity contribution in [2.45, 2.75) is 20.8 Å². The largest absolute Gasteiger partial charge is 0.466 e. The molecule has 0 atom stereocenters. The lowest BCUT2D eigenvalue weighted by Crippen LogP contribution is -2.15. The number of carbonyl (C=O) groups is 2. The quantitative estimate of drug-likeness (QED) is 0.622.